The zero-order valence-corrected chi connectivity index (χ0v) is 19.9. The zero-order valence-electron chi connectivity index (χ0n) is 16.0. The third-order valence-electron chi connectivity index (χ3n) is 4.07. The summed E-state index contributed by atoms with van der Waals surface area (Å²) in [6, 6.07) is 23.6. The van der Waals surface area contributed by atoms with Gasteiger partial charge in [-0.05, 0) is 66.2 Å². The summed E-state index contributed by atoms with van der Waals surface area (Å²) < 4.78 is 0.983. The Kier molecular flexibility index (Phi) is 8.44. The molecule has 0 atom stereocenters. The number of amides is 1. The van der Waals surface area contributed by atoms with Gasteiger partial charge >= 0.3 is 0 Å². The van der Waals surface area contributed by atoms with E-state index in [9.17, 15) is 10.1 Å². The molecule has 0 spiro atoms. The highest BCUT2D eigenvalue weighted by atomic mass is 79.9. The summed E-state index contributed by atoms with van der Waals surface area (Å²) in [7, 11) is 0. The van der Waals surface area contributed by atoms with Crippen LogP contribution in [0.4, 0.5) is 11.4 Å². The van der Waals surface area contributed by atoms with E-state index in [1.807, 2.05) is 30.3 Å². The number of thioether (sulfide) groups is 1. The number of carbonyl (C=O) groups is 1. The maximum atomic E-state index is 12.9. The SMILES string of the molecule is N#C/C(C(=O)Nc1ccc(Cl)cc1)=C(/Nc1ccc(Cl)cc1)SCc1ccc(Br)cc1. The number of benzene rings is 3. The molecule has 0 aliphatic carbocycles. The van der Waals surface area contributed by atoms with Crippen LogP contribution in [0.1, 0.15) is 5.56 Å². The molecule has 0 aliphatic heterocycles. The molecule has 0 saturated carbocycles. The summed E-state index contributed by atoms with van der Waals surface area (Å²) in [5, 5.41) is 17.3. The highest BCUT2D eigenvalue weighted by Crippen LogP contribution is 2.28. The standard InChI is InChI=1S/C23H16BrCl2N3OS/c24-16-3-1-15(2-4-16)14-31-23(29-20-11-7-18(26)8-12-20)21(13-27)22(30)28-19-9-5-17(25)6-10-19/h1-12,29H,14H2,(H,28,30)/b23-21+. The van der Waals surface area contributed by atoms with Crippen LogP contribution in [0.15, 0.2) is 87.9 Å². The molecule has 31 heavy (non-hydrogen) atoms. The van der Waals surface area contributed by atoms with E-state index in [1.165, 1.54) is 11.8 Å². The highest BCUT2D eigenvalue weighted by molar-refractivity contribution is 9.10. The first-order chi connectivity index (χ1) is 14.9. The van der Waals surface area contributed by atoms with E-state index in [-0.39, 0.29) is 5.57 Å². The molecule has 0 heterocycles. The molecule has 0 saturated heterocycles. The third kappa shape index (κ3) is 7.05. The Morgan fingerprint density at radius 1 is 0.871 bits per heavy atom. The van der Waals surface area contributed by atoms with Crippen molar-refractivity contribution in [1.29, 1.82) is 5.26 Å². The number of nitrogens with zero attached hydrogens (tertiary/aromatic N) is 1. The molecular formula is C23H16BrCl2N3OS. The van der Waals surface area contributed by atoms with Crippen molar-refractivity contribution in [2.45, 2.75) is 5.75 Å². The Bertz CT molecular complexity index is 1130. The second-order valence-corrected chi connectivity index (χ2v) is 9.10. The lowest BCUT2D eigenvalue weighted by Gasteiger charge is -2.14. The van der Waals surface area contributed by atoms with E-state index in [0.717, 1.165) is 15.7 Å². The fourth-order valence-electron chi connectivity index (χ4n) is 2.50. The second-order valence-electron chi connectivity index (χ2n) is 6.32. The van der Waals surface area contributed by atoms with Crippen LogP contribution < -0.4 is 10.6 Å². The largest absolute Gasteiger partial charge is 0.349 e. The molecule has 2 N–H and O–H groups in total. The van der Waals surface area contributed by atoms with Gasteiger partial charge in [0.15, 0.2) is 0 Å². The van der Waals surface area contributed by atoms with Crippen molar-refractivity contribution in [3.63, 3.8) is 0 Å². The molecule has 0 bridgehead atoms. The minimum Gasteiger partial charge on any atom is -0.349 e. The first-order valence-electron chi connectivity index (χ1n) is 9.06. The third-order valence-corrected chi connectivity index (χ3v) is 6.17. The van der Waals surface area contributed by atoms with Crippen molar-refractivity contribution < 1.29 is 4.79 Å². The number of carbonyl (C=O) groups excluding carboxylic acids is 1. The molecule has 3 aromatic rings. The number of rotatable bonds is 7. The van der Waals surface area contributed by atoms with Gasteiger partial charge in [-0.2, -0.15) is 5.26 Å². The van der Waals surface area contributed by atoms with E-state index in [0.29, 0.717) is 26.5 Å². The summed E-state index contributed by atoms with van der Waals surface area (Å²) >= 11 is 16.7. The molecule has 1 amide bonds. The van der Waals surface area contributed by atoms with Crippen LogP contribution >= 0.6 is 50.9 Å². The van der Waals surface area contributed by atoms with Gasteiger partial charge in [0.1, 0.15) is 11.6 Å². The van der Waals surface area contributed by atoms with Gasteiger partial charge in [-0.3, -0.25) is 4.79 Å². The Labute approximate surface area is 203 Å². The minimum atomic E-state index is -0.510. The van der Waals surface area contributed by atoms with Crippen LogP contribution in [-0.4, -0.2) is 5.91 Å². The first kappa shape index (κ1) is 23.2. The molecule has 0 fully saturated rings. The summed E-state index contributed by atoms with van der Waals surface area (Å²) in [6.45, 7) is 0. The second kappa shape index (κ2) is 11.3. The number of hydrogen-bond acceptors (Lipinski definition) is 4. The van der Waals surface area contributed by atoms with Crippen LogP contribution in [0, 0.1) is 11.3 Å². The highest BCUT2D eigenvalue weighted by Gasteiger charge is 2.17. The van der Waals surface area contributed by atoms with Crippen molar-refractivity contribution >= 4 is 68.2 Å². The Morgan fingerprint density at radius 3 is 1.90 bits per heavy atom. The molecule has 0 aliphatic rings. The molecule has 3 rings (SSSR count). The maximum Gasteiger partial charge on any atom is 0.269 e. The van der Waals surface area contributed by atoms with Gasteiger partial charge in [-0.1, -0.05) is 51.3 Å². The Balaban J connectivity index is 1.87. The van der Waals surface area contributed by atoms with E-state index in [4.69, 9.17) is 23.2 Å². The Morgan fingerprint density at radius 2 is 1.39 bits per heavy atom. The average molecular weight is 533 g/mol. The lowest BCUT2D eigenvalue weighted by Crippen LogP contribution is -2.17. The van der Waals surface area contributed by atoms with Crippen molar-refractivity contribution in [3.8, 4) is 6.07 Å². The number of anilines is 2. The molecule has 0 aromatic heterocycles. The lowest BCUT2D eigenvalue weighted by atomic mass is 10.2. The smallest absolute Gasteiger partial charge is 0.269 e. The van der Waals surface area contributed by atoms with Crippen LogP contribution in [0.2, 0.25) is 10.0 Å². The molecule has 0 radical (unpaired) electrons. The summed E-state index contributed by atoms with van der Waals surface area (Å²) in [4.78, 5) is 12.9. The van der Waals surface area contributed by atoms with Crippen LogP contribution in [0.5, 0.6) is 0 Å². The fraction of sp³-hybridized carbons (Fsp3) is 0.0435. The van der Waals surface area contributed by atoms with E-state index >= 15 is 0 Å². The van der Waals surface area contributed by atoms with Gasteiger partial charge in [-0.25, -0.2) is 0 Å². The topological polar surface area (TPSA) is 64.9 Å². The van der Waals surface area contributed by atoms with Crippen molar-refractivity contribution in [3.05, 3.63) is 103 Å². The van der Waals surface area contributed by atoms with Gasteiger partial charge in [0, 0.05) is 31.6 Å². The molecule has 8 heteroatoms. The van der Waals surface area contributed by atoms with Gasteiger partial charge < -0.3 is 10.6 Å². The quantitative estimate of drug-likeness (QED) is 0.244. The van der Waals surface area contributed by atoms with Crippen LogP contribution in [0.25, 0.3) is 0 Å². The molecule has 3 aromatic carbocycles. The van der Waals surface area contributed by atoms with Gasteiger partial charge in [0.05, 0.1) is 5.03 Å². The predicted molar refractivity (Wildman–Crippen MR) is 133 cm³/mol. The number of nitrogens with one attached hydrogen (secondary N) is 2. The van der Waals surface area contributed by atoms with E-state index < -0.39 is 5.91 Å². The van der Waals surface area contributed by atoms with Crippen LogP contribution in [0.3, 0.4) is 0 Å². The van der Waals surface area contributed by atoms with Crippen molar-refractivity contribution in [2.75, 3.05) is 10.6 Å². The van der Waals surface area contributed by atoms with Crippen molar-refractivity contribution in [1.82, 2.24) is 0 Å². The van der Waals surface area contributed by atoms with Crippen LogP contribution in [-0.2, 0) is 10.5 Å². The molecule has 156 valence electrons. The summed E-state index contributed by atoms with van der Waals surface area (Å²) in [5.41, 5.74) is 2.30. The monoisotopic (exact) mass is 531 g/mol. The zero-order chi connectivity index (χ0) is 22.2. The van der Waals surface area contributed by atoms with E-state index in [2.05, 4.69) is 26.6 Å². The number of halogens is 3. The minimum absolute atomic E-state index is 0.0213. The van der Waals surface area contributed by atoms with Crippen molar-refractivity contribution in [2.24, 2.45) is 0 Å². The fourth-order valence-corrected chi connectivity index (χ4v) is 4.00. The Hall–Kier alpha value is -2.43. The number of nitriles is 1. The van der Waals surface area contributed by atoms with E-state index in [1.54, 1.807) is 48.5 Å². The lowest BCUT2D eigenvalue weighted by molar-refractivity contribution is -0.112. The maximum absolute atomic E-state index is 12.9. The first-order valence-corrected chi connectivity index (χ1v) is 11.6. The molecule has 4 nitrogen and oxygen atoms in total. The van der Waals surface area contributed by atoms with Gasteiger partial charge in [0.25, 0.3) is 5.91 Å². The predicted octanol–water partition coefficient (Wildman–Crippen LogP) is 7.48. The van der Waals surface area contributed by atoms with Gasteiger partial charge in [0.2, 0.25) is 0 Å². The molecule has 0 unspecified atom stereocenters. The summed E-state index contributed by atoms with van der Waals surface area (Å²) in [6.07, 6.45) is 0. The number of hydrogen-bond donors (Lipinski definition) is 2. The van der Waals surface area contributed by atoms with Gasteiger partial charge in [-0.15, -0.1) is 11.8 Å². The molecular weight excluding hydrogens is 517 g/mol. The average Bonchev–Trinajstić information content (AvgIpc) is 2.76. The normalized spacial score (nSPS) is 11.3. The summed E-state index contributed by atoms with van der Waals surface area (Å²) in [5.74, 6) is 0.0624.